The van der Waals surface area contributed by atoms with Crippen LogP contribution in [0, 0.1) is 0 Å². The van der Waals surface area contributed by atoms with Gasteiger partial charge in [0.15, 0.2) is 5.65 Å². The van der Waals surface area contributed by atoms with Crippen molar-refractivity contribution < 1.29 is 18.3 Å². The normalized spacial score (nSPS) is 11.8. The third-order valence-corrected chi connectivity index (χ3v) is 6.10. The zero-order valence-corrected chi connectivity index (χ0v) is 19.8. The number of hydrogen-bond acceptors (Lipinski definition) is 6. The van der Waals surface area contributed by atoms with Crippen molar-refractivity contribution in [2.75, 3.05) is 30.4 Å². The van der Waals surface area contributed by atoms with E-state index in [1.165, 1.54) is 18.2 Å². The fourth-order valence-corrected chi connectivity index (χ4v) is 4.12. The number of benzene rings is 2. The summed E-state index contributed by atoms with van der Waals surface area (Å²) in [4.78, 5) is 4.70. The average molecular weight is 500 g/mol. The highest BCUT2D eigenvalue weighted by Gasteiger charge is 2.33. The molecule has 4 N–H and O–H groups in total. The first-order valence-corrected chi connectivity index (χ1v) is 12.2. The molecule has 0 aliphatic rings. The van der Waals surface area contributed by atoms with Crippen LogP contribution in [0.3, 0.4) is 0 Å². The molecule has 0 bridgehead atoms. The van der Waals surface area contributed by atoms with Crippen molar-refractivity contribution in [3.63, 3.8) is 0 Å². The summed E-state index contributed by atoms with van der Waals surface area (Å²) in [5, 5.41) is 24.7. The minimum absolute atomic E-state index is 0.0712. The zero-order valence-electron chi connectivity index (χ0n) is 18.8. The van der Waals surface area contributed by atoms with Gasteiger partial charge in [-0.2, -0.15) is 22.8 Å². The van der Waals surface area contributed by atoms with Crippen molar-refractivity contribution in [1.29, 1.82) is 0 Å². The van der Waals surface area contributed by atoms with E-state index in [1.54, 1.807) is 35.0 Å². The summed E-state index contributed by atoms with van der Waals surface area (Å²) in [6.45, 7) is 6.61. The van der Waals surface area contributed by atoms with E-state index in [2.05, 4.69) is 27.6 Å². The standard InChI is InChI=1S/C24H24F3N6OP/c1-15(31-18-9-5-4-8-17(18)24(25,26)27)28-11-12-29-22-13-19(16-7-3-6-10-20(16)34)32-23-21(35-2)14-30-33(22)23/h3-10,13-14,28-29,31,34-35H,1,11-12H2,2H3. The van der Waals surface area contributed by atoms with Crippen LogP contribution < -0.4 is 21.3 Å². The van der Waals surface area contributed by atoms with E-state index in [4.69, 9.17) is 4.98 Å². The second-order valence-corrected chi connectivity index (χ2v) is 8.63. The second kappa shape index (κ2) is 10.2. The first kappa shape index (κ1) is 24.3. The molecule has 0 aliphatic carbocycles. The van der Waals surface area contributed by atoms with Crippen LogP contribution in [0.5, 0.6) is 5.75 Å². The maximum atomic E-state index is 13.2. The van der Waals surface area contributed by atoms with Gasteiger partial charge in [0, 0.05) is 30.0 Å². The van der Waals surface area contributed by atoms with Gasteiger partial charge in [-0.05, 0) is 30.9 Å². The molecule has 0 aliphatic heterocycles. The third-order valence-electron chi connectivity index (χ3n) is 5.21. The molecule has 7 nitrogen and oxygen atoms in total. The first-order valence-electron chi connectivity index (χ1n) is 10.7. The predicted molar refractivity (Wildman–Crippen MR) is 135 cm³/mol. The van der Waals surface area contributed by atoms with E-state index in [9.17, 15) is 18.3 Å². The molecule has 2 aromatic heterocycles. The number of hydrogen-bond donors (Lipinski definition) is 4. The number of para-hydroxylation sites is 2. The summed E-state index contributed by atoms with van der Waals surface area (Å²) in [6.07, 6.45) is -2.70. The van der Waals surface area contributed by atoms with Crippen molar-refractivity contribution in [3.8, 4) is 17.0 Å². The molecule has 0 amide bonds. The van der Waals surface area contributed by atoms with Crippen LogP contribution in [-0.2, 0) is 6.18 Å². The van der Waals surface area contributed by atoms with Crippen molar-refractivity contribution in [2.45, 2.75) is 6.18 Å². The molecule has 1 atom stereocenters. The van der Waals surface area contributed by atoms with Crippen LogP contribution in [-0.4, -0.2) is 39.5 Å². The molecule has 0 radical (unpaired) electrons. The van der Waals surface area contributed by atoms with E-state index in [-0.39, 0.29) is 17.3 Å². The van der Waals surface area contributed by atoms with Gasteiger partial charge in [0.1, 0.15) is 11.6 Å². The van der Waals surface area contributed by atoms with Crippen LogP contribution >= 0.6 is 8.58 Å². The summed E-state index contributed by atoms with van der Waals surface area (Å²) in [5.41, 5.74) is 1.06. The Bertz CT molecular complexity index is 1350. The molecular formula is C24H24F3N6OP. The molecule has 4 aromatic rings. The lowest BCUT2D eigenvalue weighted by molar-refractivity contribution is -0.136. The zero-order chi connectivity index (χ0) is 25.0. The van der Waals surface area contributed by atoms with Gasteiger partial charge in [-0.1, -0.05) is 39.4 Å². The molecule has 11 heteroatoms. The lowest BCUT2D eigenvalue weighted by atomic mass is 10.1. The number of aromatic hydroxyl groups is 1. The van der Waals surface area contributed by atoms with Gasteiger partial charge >= 0.3 is 6.18 Å². The Hall–Kier alpha value is -3.78. The highest BCUT2D eigenvalue weighted by atomic mass is 31.1. The summed E-state index contributed by atoms with van der Waals surface area (Å²) < 4.78 is 41.3. The number of anilines is 2. The molecule has 35 heavy (non-hydrogen) atoms. The van der Waals surface area contributed by atoms with Gasteiger partial charge in [-0.15, -0.1) is 0 Å². The van der Waals surface area contributed by atoms with E-state index < -0.39 is 11.7 Å². The Morgan fingerprint density at radius 3 is 2.60 bits per heavy atom. The summed E-state index contributed by atoms with van der Waals surface area (Å²) in [7, 11) is 0.487. The van der Waals surface area contributed by atoms with Gasteiger partial charge in [-0.3, -0.25) is 0 Å². The lowest BCUT2D eigenvalue weighted by Crippen LogP contribution is -2.26. The highest BCUT2D eigenvalue weighted by molar-refractivity contribution is 7.46. The van der Waals surface area contributed by atoms with Crippen LogP contribution in [0.1, 0.15) is 5.56 Å². The lowest BCUT2D eigenvalue weighted by Gasteiger charge is -2.17. The quantitative estimate of drug-likeness (QED) is 0.198. The summed E-state index contributed by atoms with van der Waals surface area (Å²) in [5.74, 6) is 1.03. The molecule has 0 fully saturated rings. The number of aromatic nitrogens is 3. The second-order valence-electron chi connectivity index (χ2n) is 7.59. The first-order chi connectivity index (χ1) is 16.8. The van der Waals surface area contributed by atoms with Crippen molar-refractivity contribution in [2.24, 2.45) is 0 Å². The number of nitrogens with zero attached hydrogens (tertiary/aromatic N) is 3. The Morgan fingerprint density at radius 2 is 1.86 bits per heavy atom. The summed E-state index contributed by atoms with van der Waals surface area (Å²) >= 11 is 0. The number of rotatable bonds is 9. The summed E-state index contributed by atoms with van der Waals surface area (Å²) in [6, 6.07) is 14.0. The van der Waals surface area contributed by atoms with Crippen LogP contribution in [0.4, 0.5) is 24.7 Å². The highest BCUT2D eigenvalue weighted by Crippen LogP contribution is 2.35. The third kappa shape index (κ3) is 5.49. The fourth-order valence-electron chi connectivity index (χ4n) is 3.54. The topological polar surface area (TPSA) is 86.5 Å². The van der Waals surface area contributed by atoms with E-state index in [1.807, 2.05) is 12.7 Å². The SMILES string of the molecule is C=C(NCCNc1cc(-c2ccccc2O)nc2c(PC)cnn12)Nc1ccccc1C(F)(F)F. The largest absolute Gasteiger partial charge is 0.507 e. The maximum Gasteiger partial charge on any atom is 0.418 e. The number of halogens is 3. The number of nitrogens with one attached hydrogen (secondary N) is 3. The average Bonchev–Trinajstić information content (AvgIpc) is 3.25. The molecule has 0 spiro atoms. The number of phenolic OH excluding ortho intramolecular Hbond substituents is 1. The molecule has 0 saturated heterocycles. The van der Waals surface area contributed by atoms with Gasteiger partial charge in [-0.25, -0.2) is 4.98 Å². The molecule has 4 rings (SSSR count). The number of phenols is 1. The van der Waals surface area contributed by atoms with Crippen molar-refractivity contribution in [3.05, 3.63) is 78.8 Å². The van der Waals surface area contributed by atoms with Crippen LogP contribution in [0.25, 0.3) is 16.9 Å². The monoisotopic (exact) mass is 500 g/mol. The molecule has 0 saturated carbocycles. The molecule has 182 valence electrons. The number of fused-ring (bicyclic) bond motifs is 1. The molecule has 2 heterocycles. The van der Waals surface area contributed by atoms with Crippen LogP contribution in [0.2, 0.25) is 0 Å². The predicted octanol–water partition coefficient (Wildman–Crippen LogP) is 4.64. The maximum absolute atomic E-state index is 13.2. The Labute approximate surface area is 201 Å². The molecule has 1 unspecified atom stereocenters. The van der Waals surface area contributed by atoms with E-state index in [0.717, 1.165) is 11.4 Å². The minimum atomic E-state index is -4.47. The van der Waals surface area contributed by atoms with Gasteiger partial charge in [0.2, 0.25) is 0 Å². The smallest absolute Gasteiger partial charge is 0.418 e. The van der Waals surface area contributed by atoms with E-state index >= 15 is 0 Å². The number of alkyl halides is 3. The Morgan fingerprint density at radius 1 is 1.11 bits per heavy atom. The minimum Gasteiger partial charge on any atom is -0.507 e. The molecule has 2 aromatic carbocycles. The van der Waals surface area contributed by atoms with Crippen molar-refractivity contribution in [1.82, 2.24) is 19.9 Å². The van der Waals surface area contributed by atoms with Gasteiger partial charge < -0.3 is 21.1 Å². The van der Waals surface area contributed by atoms with E-state index in [0.29, 0.717) is 44.4 Å². The Kier molecular flexibility index (Phi) is 7.12. The Balaban J connectivity index is 1.46. The van der Waals surface area contributed by atoms with Gasteiger partial charge in [0.05, 0.1) is 29.0 Å². The fraction of sp³-hybridized carbons (Fsp3) is 0.167. The van der Waals surface area contributed by atoms with Crippen LogP contribution in [0.15, 0.2) is 73.2 Å². The van der Waals surface area contributed by atoms with Crippen molar-refractivity contribution >= 4 is 31.0 Å². The van der Waals surface area contributed by atoms with Gasteiger partial charge in [0.25, 0.3) is 0 Å². The molecular weight excluding hydrogens is 476 g/mol.